The first-order chi connectivity index (χ1) is 9.60. The second kappa shape index (κ2) is 6.85. The molecule has 1 atom stereocenters. The number of nitrogens with one attached hydrogen (secondary N) is 1. The van der Waals surface area contributed by atoms with Gasteiger partial charge in [0.15, 0.2) is 0 Å². The van der Waals surface area contributed by atoms with Crippen LogP contribution >= 0.6 is 0 Å². The lowest BCUT2D eigenvalue weighted by Crippen LogP contribution is -2.52. The average molecular weight is 279 g/mol. The summed E-state index contributed by atoms with van der Waals surface area (Å²) in [5.41, 5.74) is 0. The highest BCUT2D eigenvalue weighted by Crippen LogP contribution is 2.17. The van der Waals surface area contributed by atoms with Gasteiger partial charge in [0.1, 0.15) is 5.82 Å². The van der Waals surface area contributed by atoms with Crippen molar-refractivity contribution in [2.45, 2.75) is 32.4 Å². The molecule has 2 rings (SSSR count). The lowest BCUT2D eigenvalue weighted by atomic mass is 10.1. The Kier molecular flexibility index (Phi) is 5.14. The van der Waals surface area contributed by atoms with Crippen molar-refractivity contribution in [3.8, 4) is 0 Å². The zero-order chi connectivity index (χ0) is 14.5. The van der Waals surface area contributed by atoms with Crippen molar-refractivity contribution in [1.82, 2.24) is 14.9 Å². The van der Waals surface area contributed by atoms with Gasteiger partial charge >= 0.3 is 0 Å². The Balaban J connectivity index is 2.07. The zero-order valence-corrected chi connectivity index (χ0v) is 12.6. The molecule has 1 aliphatic rings. The topological polar surface area (TPSA) is 64.5 Å². The Labute approximate surface area is 120 Å². The van der Waals surface area contributed by atoms with Crippen molar-refractivity contribution in [3.63, 3.8) is 0 Å². The van der Waals surface area contributed by atoms with Crippen molar-refractivity contribution in [3.05, 3.63) is 12.3 Å². The molecule has 1 aromatic heterocycles. The van der Waals surface area contributed by atoms with E-state index in [1.54, 1.807) is 6.20 Å². The molecule has 0 spiro atoms. The SMILES string of the molecule is CC(C)Nc1ccnc(N2CCN(C)C(CCO)C2)n1. The molecule has 0 radical (unpaired) electrons. The van der Waals surface area contributed by atoms with Crippen LogP contribution in [0.2, 0.25) is 0 Å². The van der Waals surface area contributed by atoms with Crippen molar-refractivity contribution in [1.29, 1.82) is 0 Å². The van der Waals surface area contributed by atoms with Crippen LogP contribution in [0.25, 0.3) is 0 Å². The molecule has 1 aromatic rings. The van der Waals surface area contributed by atoms with E-state index in [2.05, 4.69) is 46.0 Å². The summed E-state index contributed by atoms with van der Waals surface area (Å²) in [6.07, 6.45) is 2.59. The number of piperazine rings is 1. The van der Waals surface area contributed by atoms with Crippen LogP contribution in [-0.2, 0) is 0 Å². The van der Waals surface area contributed by atoms with E-state index in [9.17, 15) is 0 Å². The Morgan fingerprint density at radius 1 is 1.45 bits per heavy atom. The molecule has 6 heteroatoms. The molecule has 0 aliphatic carbocycles. The summed E-state index contributed by atoms with van der Waals surface area (Å²) in [5.74, 6) is 1.63. The molecule has 6 nitrogen and oxygen atoms in total. The molecule has 1 saturated heterocycles. The quantitative estimate of drug-likeness (QED) is 0.831. The van der Waals surface area contributed by atoms with Gasteiger partial charge in [-0.2, -0.15) is 4.98 Å². The maximum Gasteiger partial charge on any atom is 0.227 e. The molecule has 20 heavy (non-hydrogen) atoms. The predicted octanol–water partition coefficient (Wildman–Crippen LogP) is 0.800. The Morgan fingerprint density at radius 2 is 2.25 bits per heavy atom. The van der Waals surface area contributed by atoms with Gasteiger partial charge in [-0.3, -0.25) is 4.90 Å². The van der Waals surface area contributed by atoms with Gasteiger partial charge in [-0.25, -0.2) is 4.98 Å². The molecule has 112 valence electrons. The zero-order valence-electron chi connectivity index (χ0n) is 12.6. The van der Waals surface area contributed by atoms with Crippen molar-refractivity contribution >= 4 is 11.8 Å². The number of likely N-dealkylation sites (N-methyl/N-ethyl adjacent to an activating group) is 1. The largest absolute Gasteiger partial charge is 0.396 e. The fourth-order valence-electron chi connectivity index (χ4n) is 2.47. The fraction of sp³-hybridized carbons (Fsp3) is 0.714. The van der Waals surface area contributed by atoms with E-state index in [0.29, 0.717) is 12.1 Å². The van der Waals surface area contributed by atoms with Crippen LogP contribution in [0.5, 0.6) is 0 Å². The van der Waals surface area contributed by atoms with E-state index < -0.39 is 0 Å². The molecule has 2 N–H and O–H groups in total. The summed E-state index contributed by atoms with van der Waals surface area (Å²) in [6.45, 7) is 7.16. The van der Waals surface area contributed by atoms with Crippen molar-refractivity contribution in [2.75, 3.05) is 43.5 Å². The van der Waals surface area contributed by atoms with E-state index in [4.69, 9.17) is 5.11 Å². The average Bonchev–Trinajstić information content (AvgIpc) is 2.41. The molecule has 0 aromatic carbocycles. The third-order valence-corrected chi connectivity index (χ3v) is 3.60. The fourth-order valence-corrected chi connectivity index (χ4v) is 2.47. The van der Waals surface area contributed by atoms with Gasteiger partial charge in [0.05, 0.1) is 0 Å². The normalized spacial score (nSPS) is 20.4. The summed E-state index contributed by atoms with van der Waals surface area (Å²) in [4.78, 5) is 13.5. The summed E-state index contributed by atoms with van der Waals surface area (Å²) in [7, 11) is 2.11. The molecule has 1 fully saturated rings. The number of nitrogens with zero attached hydrogens (tertiary/aromatic N) is 4. The van der Waals surface area contributed by atoms with Crippen LogP contribution in [0.15, 0.2) is 12.3 Å². The van der Waals surface area contributed by atoms with Gasteiger partial charge in [0, 0.05) is 44.5 Å². The van der Waals surface area contributed by atoms with Crippen LogP contribution in [-0.4, -0.2) is 65.3 Å². The minimum absolute atomic E-state index is 0.221. The van der Waals surface area contributed by atoms with Gasteiger partial charge in [-0.05, 0) is 33.4 Å². The summed E-state index contributed by atoms with van der Waals surface area (Å²) >= 11 is 0. The molecule has 0 saturated carbocycles. The van der Waals surface area contributed by atoms with Crippen LogP contribution in [0.3, 0.4) is 0 Å². The minimum atomic E-state index is 0.221. The lowest BCUT2D eigenvalue weighted by molar-refractivity contribution is 0.170. The number of hydrogen-bond acceptors (Lipinski definition) is 6. The number of hydrogen-bond donors (Lipinski definition) is 2. The monoisotopic (exact) mass is 279 g/mol. The standard InChI is InChI=1S/C14H25N5O/c1-11(2)16-13-4-6-15-14(17-13)19-8-7-18(3)12(10-19)5-9-20/h4,6,11-12,20H,5,7-10H2,1-3H3,(H,15,16,17). The maximum atomic E-state index is 9.15. The van der Waals surface area contributed by atoms with E-state index in [1.807, 2.05) is 6.07 Å². The molecular weight excluding hydrogens is 254 g/mol. The predicted molar refractivity (Wildman–Crippen MR) is 81.1 cm³/mol. The number of aliphatic hydroxyl groups is 1. The van der Waals surface area contributed by atoms with E-state index >= 15 is 0 Å². The molecule has 0 amide bonds. The van der Waals surface area contributed by atoms with Crippen LogP contribution in [0.1, 0.15) is 20.3 Å². The van der Waals surface area contributed by atoms with Crippen molar-refractivity contribution in [2.24, 2.45) is 0 Å². The number of aromatic nitrogens is 2. The highest BCUT2D eigenvalue weighted by atomic mass is 16.3. The number of rotatable bonds is 5. The summed E-state index contributed by atoms with van der Waals surface area (Å²) in [5, 5.41) is 12.5. The Bertz CT molecular complexity index is 426. The summed E-state index contributed by atoms with van der Waals surface area (Å²) < 4.78 is 0. The molecular formula is C14H25N5O. The van der Waals surface area contributed by atoms with Gasteiger partial charge in [-0.1, -0.05) is 0 Å². The second-order valence-electron chi connectivity index (χ2n) is 5.63. The van der Waals surface area contributed by atoms with Crippen LogP contribution < -0.4 is 10.2 Å². The maximum absolute atomic E-state index is 9.15. The molecule has 1 aliphatic heterocycles. The Morgan fingerprint density at radius 3 is 2.95 bits per heavy atom. The number of aliphatic hydroxyl groups excluding tert-OH is 1. The first-order valence-electron chi connectivity index (χ1n) is 7.25. The highest BCUT2D eigenvalue weighted by Gasteiger charge is 2.25. The molecule has 0 bridgehead atoms. The highest BCUT2D eigenvalue weighted by molar-refractivity contribution is 5.42. The smallest absolute Gasteiger partial charge is 0.227 e. The first kappa shape index (κ1) is 15.0. The number of anilines is 2. The van der Waals surface area contributed by atoms with Crippen LogP contribution in [0, 0.1) is 0 Å². The van der Waals surface area contributed by atoms with Gasteiger partial charge in [-0.15, -0.1) is 0 Å². The third-order valence-electron chi connectivity index (χ3n) is 3.60. The van der Waals surface area contributed by atoms with E-state index in [0.717, 1.165) is 37.8 Å². The second-order valence-corrected chi connectivity index (χ2v) is 5.63. The lowest BCUT2D eigenvalue weighted by Gasteiger charge is -2.39. The van der Waals surface area contributed by atoms with E-state index in [1.165, 1.54) is 0 Å². The molecule has 1 unspecified atom stereocenters. The molecule has 2 heterocycles. The first-order valence-corrected chi connectivity index (χ1v) is 7.25. The van der Waals surface area contributed by atoms with E-state index in [-0.39, 0.29) is 6.61 Å². The van der Waals surface area contributed by atoms with Crippen LogP contribution in [0.4, 0.5) is 11.8 Å². The van der Waals surface area contributed by atoms with Gasteiger partial charge in [0.25, 0.3) is 0 Å². The van der Waals surface area contributed by atoms with Gasteiger partial charge < -0.3 is 15.3 Å². The Hall–Kier alpha value is -1.40. The minimum Gasteiger partial charge on any atom is -0.396 e. The third kappa shape index (κ3) is 3.80. The summed E-state index contributed by atoms with van der Waals surface area (Å²) in [6, 6.07) is 2.61. The van der Waals surface area contributed by atoms with Crippen molar-refractivity contribution < 1.29 is 5.11 Å². The van der Waals surface area contributed by atoms with Gasteiger partial charge in [0.2, 0.25) is 5.95 Å².